The standard InChI is InChI=1S/C14H25N3O6S4/c18-11(7(24)9(26)13(20)21)16-5-1-3-15-4-2-6-17-12(19)8(25)10(27)14(22)23/h7-10,15,24-27H,1-6H2,(H,16,18)(H,17,19)(H,20,21)(H,22,23). The SMILES string of the molecule is O=C(O)C(S)C(S)C(=O)NCCCNCCCNC(=O)C(S)C(S)C(=O)O. The summed E-state index contributed by atoms with van der Waals surface area (Å²) >= 11 is 15.5. The molecule has 4 unspecified atom stereocenters. The van der Waals surface area contributed by atoms with Crippen molar-refractivity contribution in [2.45, 2.75) is 33.8 Å². The quantitative estimate of drug-likeness (QED) is 0.119. The van der Waals surface area contributed by atoms with Crippen LogP contribution in [0.5, 0.6) is 0 Å². The molecule has 0 aliphatic rings. The molecule has 5 N–H and O–H groups in total. The summed E-state index contributed by atoms with van der Waals surface area (Å²) in [6, 6.07) is 0. The predicted molar refractivity (Wildman–Crippen MR) is 114 cm³/mol. The molecule has 0 aliphatic carbocycles. The van der Waals surface area contributed by atoms with Crippen molar-refractivity contribution in [1.29, 1.82) is 0 Å². The van der Waals surface area contributed by atoms with E-state index in [0.717, 1.165) is 0 Å². The number of hydrogen-bond acceptors (Lipinski definition) is 9. The second-order valence-electron chi connectivity index (χ2n) is 5.49. The van der Waals surface area contributed by atoms with Crippen molar-refractivity contribution >= 4 is 74.3 Å². The van der Waals surface area contributed by atoms with Gasteiger partial charge in [-0.1, -0.05) is 0 Å². The molecule has 0 rings (SSSR count). The van der Waals surface area contributed by atoms with Crippen molar-refractivity contribution < 1.29 is 29.4 Å². The maximum Gasteiger partial charge on any atom is 0.318 e. The lowest BCUT2D eigenvalue weighted by atomic mass is 10.2. The Balaban J connectivity index is 3.71. The van der Waals surface area contributed by atoms with Gasteiger partial charge in [0.25, 0.3) is 0 Å². The van der Waals surface area contributed by atoms with Crippen LogP contribution in [0.2, 0.25) is 0 Å². The van der Waals surface area contributed by atoms with Gasteiger partial charge >= 0.3 is 11.9 Å². The molecule has 0 aromatic heterocycles. The number of carboxylic acids is 2. The normalized spacial score (nSPS) is 15.3. The van der Waals surface area contributed by atoms with E-state index in [1.54, 1.807) is 0 Å². The van der Waals surface area contributed by atoms with E-state index >= 15 is 0 Å². The zero-order valence-corrected chi connectivity index (χ0v) is 17.9. The van der Waals surface area contributed by atoms with Gasteiger partial charge < -0.3 is 26.2 Å². The second kappa shape index (κ2) is 14.3. The van der Waals surface area contributed by atoms with Crippen molar-refractivity contribution in [3.63, 3.8) is 0 Å². The van der Waals surface area contributed by atoms with E-state index in [1.807, 2.05) is 0 Å². The number of nitrogens with one attached hydrogen (secondary N) is 3. The molecule has 0 radical (unpaired) electrons. The van der Waals surface area contributed by atoms with Crippen LogP contribution >= 0.6 is 50.5 Å². The average molecular weight is 460 g/mol. The monoisotopic (exact) mass is 459 g/mol. The molecule has 27 heavy (non-hydrogen) atoms. The van der Waals surface area contributed by atoms with E-state index < -0.39 is 44.8 Å². The number of aliphatic carboxylic acids is 2. The molecule has 0 aromatic carbocycles. The molecule has 9 nitrogen and oxygen atoms in total. The zero-order valence-electron chi connectivity index (χ0n) is 14.4. The number of rotatable bonds is 14. The number of carbonyl (C=O) groups is 4. The van der Waals surface area contributed by atoms with Crippen molar-refractivity contribution in [1.82, 2.24) is 16.0 Å². The maximum absolute atomic E-state index is 11.7. The third-order valence-electron chi connectivity index (χ3n) is 3.30. The zero-order chi connectivity index (χ0) is 21.0. The molecule has 0 bridgehead atoms. The summed E-state index contributed by atoms with van der Waals surface area (Å²) in [6.45, 7) is 1.95. The van der Waals surface area contributed by atoms with E-state index in [1.165, 1.54) is 0 Å². The highest BCUT2D eigenvalue weighted by Crippen LogP contribution is 2.10. The first kappa shape index (κ1) is 26.2. The molecule has 0 saturated heterocycles. The first-order valence-corrected chi connectivity index (χ1v) is 10.1. The van der Waals surface area contributed by atoms with Crippen LogP contribution in [-0.2, 0) is 19.2 Å². The van der Waals surface area contributed by atoms with Crippen molar-refractivity contribution in [3.8, 4) is 0 Å². The summed E-state index contributed by atoms with van der Waals surface area (Å²) in [5.74, 6) is -3.40. The average Bonchev–Trinajstić information content (AvgIpc) is 2.63. The smallest absolute Gasteiger partial charge is 0.318 e. The van der Waals surface area contributed by atoms with Gasteiger partial charge in [-0.05, 0) is 25.9 Å². The summed E-state index contributed by atoms with van der Waals surface area (Å²) in [6.07, 6.45) is 1.25. The van der Waals surface area contributed by atoms with Gasteiger partial charge in [0, 0.05) is 13.1 Å². The lowest BCUT2D eigenvalue weighted by Crippen LogP contribution is -2.41. The van der Waals surface area contributed by atoms with E-state index in [4.69, 9.17) is 10.2 Å². The Kier molecular flexibility index (Phi) is 13.9. The van der Waals surface area contributed by atoms with E-state index in [9.17, 15) is 19.2 Å². The molecule has 0 saturated carbocycles. The fourth-order valence-corrected chi connectivity index (χ4v) is 2.45. The highest BCUT2D eigenvalue weighted by molar-refractivity contribution is 7.86. The van der Waals surface area contributed by atoms with Gasteiger partial charge in [-0.25, -0.2) is 0 Å². The topological polar surface area (TPSA) is 145 Å². The van der Waals surface area contributed by atoms with Gasteiger partial charge in [0.2, 0.25) is 11.8 Å². The minimum atomic E-state index is -1.21. The Morgan fingerprint density at radius 3 is 1.26 bits per heavy atom. The highest BCUT2D eigenvalue weighted by Gasteiger charge is 2.28. The lowest BCUT2D eigenvalue weighted by Gasteiger charge is -2.15. The van der Waals surface area contributed by atoms with Crippen LogP contribution in [-0.4, -0.2) is 81.1 Å². The van der Waals surface area contributed by atoms with Gasteiger partial charge in [-0.3, -0.25) is 19.2 Å². The van der Waals surface area contributed by atoms with Crippen LogP contribution in [0.4, 0.5) is 0 Å². The Labute approximate surface area is 179 Å². The number of carbonyl (C=O) groups excluding carboxylic acids is 2. The van der Waals surface area contributed by atoms with Crippen LogP contribution in [0.25, 0.3) is 0 Å². The summed E-state index contributed by atoms with van der Waals surface area (Å²) < 4.78 is 0. The van der Waals surface area contributed by atoms with Gasteiger partial charge in [0.05, 0.1) is 0 Å². The molecular formula is C14H25N3O6S4. The van der Waals surface area contributed by atoms with Gasteiger partial charge in [-0.2, -0.15) is 50.5 Å². The first-order valence-electron chi connectivity index (χ1n) is 8.03. The number of hydrogen-bond donors (Lipinski definition) is 9. The first-order chi connectivity index (χ1) is 12.6. The minimum Gasteiger partial charge on any atom is -0.480 e. The van der Waals surface area contributed by atoms with Crippen LogP contribution in [0.15, 0.2) is 0 Å². The minimum absolute atomic E-state index is 0.361. The fourth-order valence-electron chi connectivity index (χ4n) is 1.74. The maximum atomic E-state index is 11.7. The second-order valence-corrected chi connectivity index (χ2v) is 7.72. The van der Waals surface area contributed by atoms with E-state index in [0.29, 0.717) is 39.0 Å². The Morgan fingerprint density at radius 2 is 0.963 bits per heavy atom. The molecule has 0 aromatic rings. The van der Waals surface area contributed by atoms with Crippen molar-refractivity contribution in [3.05, 3.63) is 0 Å². The van der Waals surface area contributed by atoms with E-state index in [-0.39, 0.29) is 0 Å². The summed E-state index contributed by atoms with van der Waals surface area (Å²) in [4.78, 5) is 44.8. The Hall–Kier alpha value is -0.760. The summed E-state index contributed by atoms with van der Waals surface area (Å²) in [5.41, 5.74) is 0. The molecule has 13 heteroatoms. The molecule has 0 fully saturated rings. The summed E-state index contributed by atoms with van der Waals surface area (Å²) in [7, 11) is 0. The van der Waals surface area contributed by atoms with Gasteiger partial charge in [0.1, 0.15) is 21.0 Å². The lowest BCUT2D eigenvalue weighted by molar-refractivity contribution is -0.138. The number of amides is 2. The number of thiol groups is 4. The Bertz CT molecular complexity index is 481. The van der Waals surface area contributed by atoms with Crippen molar-refractivity contribution in [2.75, 3.05) is 26.2 Å². The third-order valence-corrected chi connectivity index (χ3v) is 5.87. The largest absolute Gasteiger partial charge is 0.480 e. The molecule has 0 spiro atoms. The van der Waals surface area contributed by atoms with Crippen molar-refractivity contribution in [2.24, 2.45) is 0 Å². The summed E-state index contributed by atoms with van der Waals surface area (Å²) in [5, 5.41) is 21.4. The molecule has 4 atom stereocenters. The molecule has 0 heterocycles. The van der Waals surface area contributed by atoms with Crippen LogP contribution in [0.3, 0.4) is 0 Å². The fraction of sp³-hybridized carbons (Fsp3) is 0.714. The van der Waals surface area contributed by atoms with Gasteiger partial charge in [-0.15, -0.1) is 0 Å². The third kappa shape index (κ3) is 11.0. The van der Waals surface area contributed by atoms with E-state index in [2.05, 4.69) is 66.5 Å². The van der Waals surface area contributed by atoms with Crippen LogP contribution < -0.4 is 16.0 Å². The van der Waals surface area contributed by atoms with Gasteiger partial charge in [0.15, 0.2) is 0 Å². The van der Waals surface area contributed by atoms with Crippen LogP contribution in [0, 0.1) is 0 Å². The molecule has 0 aliphatic heterocycles. The van der Waals surface area contributed by atoms with Crippen LogP contribution in [0.1, 0.15) is 12.8 Å². The highest BCUT2D eigenvalue weighted by atomic mass is 32.1. The number of carboxylic acid groups (broad SMARTS) is 2. The predicted octanol–water partition coefficient (Wildman–Crippen LogP) is -1.05. The molecule has 156 valence electrons. The Morgan fingerprint density at radius 1 is 0.630 bits per heavy atom. The molecular weight excluding hydrogens is 434 g/mol. The molecule has 2 amide bonds.